The van der Waals surface area contributed by atoms with Gasteiger partial charge in [-0.1, -0.05) is 20.8 Å². The van der Waals surface area contributed by atoms with Crippen LogP contribution in [0.4, 0.5) is 0 Å². The number of nitrogens with two attached hydrogens (primary N) is 1. The Kier molecular flexibility index (Phi) is 7.23. The number of aliphatic hydroxyl groups excluding tert-OH is 1. The molecule has 0 heterocycles. The predicted octanol–water partition coefficient (Wildman–Crippen LogP) is 0.578. The van der Waals surface area contributed by atoms with Gasteiger partial charge in [0.05, 0.1) is 6.61 Å². The van der Waals surface area contributed by atoms with Gasteiger partial charge in [0, 0.05) is 6.04 Å². The highest BCUT2D eigenvalue weighted by molar-refractivity contribution is 4.70. The van der Waals surface area contributed by atoms with Crippen LogP contribution in [-0.2, 0) is 0 Å². The second kappa shape index (κ2) is 7.30. The van der Waals surface area contributed by atoms with Crippen molar-refractivity contribution in [1.82, 2.24) is 5.32 Å². The molecule has 0 aliphatic heterocycles. The van der Waals surface area contributed by atoms with Crippen LogP contribution in [0.1, 0.15) is 27.2 Å². The highest BCUT2D eigenvalue weighted by Gasteiger charge is 2.12. The van der Waals surface area contributed by atoms with Crippen molar-refractivity contribution in [3.8, 4) is 0 Å². The zero-order valence-electron chi connectivity index (χ0n) is 9.09. The molecule has 0 spiro atoms. The van der Waals surface area contributed by atoms with Crippen LogP contribution in [0.25, 0.3) is 0 Å². The number of aliphatic hydroxyl groups is 1. The van der Waals surface area contributed by atoms with E-state index in [1.165, 1.54) is 0 Å². The summed E-state index contributed by atoms with van der Waals surface area (Å²) in [6.07, 6.45) is 0.964. The topological polar surface area (TPSA) is 58.3 Å². The third-order valence-corrected chi connectivity index (χ3v) is 2.63. The van der Waals surface area contributed by atoms with Gasteiger partial charge in [0.25, 0.3) is 0 Å². The molecule has 0 fully saturated rings. The van der Waals surface area contributed by atoms with Crippen molar-refractivity contribution in [2.75, 3.05) is 19.7 Å². The number of hydrogen-bond donors (Lipinski definition) is 3. The fourth-order valence-corrected chi connectivity index (χ4v) is 1.25. The van der Waals surface area contributed by atoms with Gasteiger partial charge in [0.15, 0.2) is 0 Å². The molecule has 0 amide bonds. The van der Waals surface area contributed by atoms with Gasteiger partial charge >= 0.3 is 0 Å². The first-order valence-corrected chi connectivity index (χ1v) is 5.19. The minimum atomic E-state index is 0.214. The normalized spacial score (nSPS) is 16.2. The Morgan fingerprint density at radius 1 is 1.38 bits per heavy atom. The van der Waals surface area contributed by atoms with Gasteiger partial charge in [0.2, 0.25) is 0 Å². The first-order chi connectivity index (χ1) is 6.15. The second-order valence-corrected chi connectivity index (χ2v) is 3.94. The molecule has 0 aromatic heterocycles. The van der Waals surface area contributed by atoms with E-state index in [4.69, 9.17) is 10.8 Å². The fourth-order valence-electron chi connectivity index (χ4n) is 1.25. The average Bonchev–Trinajstić information content (AvgIpc) is 2.12. The summed E-state index contributed by atoms with van der Waals surface area (Å²) in [4.78, 5) is 0. The Morgan fingerprint density at radius 2 is 2.00 bits per heavy atom. The van der Waals surface area contributed by atoms with Crippen LogP contribution in [0.2, 0.25) is 0 Å². The summed E-state index contributed by atoms with van der Waals surface area (Å²) < 4.78 is 0. The minimum absolute atomic E-state index is 0.214. The van der Waals surface area contributed by atoms with E-state index in [1.54, 1.807) is 0 Å². The Labute approximate surface area is 81.7 Å². The summed E-state index contributed by atoms with van der Waals surface area (Å²) in [7, 11) is 0. The van der Waals surface area contributed by atoms with E-state index < -0.39 is 0 Å². The molecule has 0 rings (SSSR count). The molecule has 1 unspecified atom stereocenters. The van der Waals surface area contributed by atoms with E-state index in [9.17, 15) is 0 Å². The maximum atomic E-state index is 8.96. The molecule has 0 aromatic carbocycles. The van der Waals surface area contributed by atoms with Crippen molar-refractivity contribution in [3.63, 3.8) is 0 Å². The standard InChI is InChI=1S/C10H24N2O/c1-4-10(7-13)12-6-9(5-11)8(2)3/h8-10,12-13H,4-7,11H2,1-3H3/t9?,10-/m0/s1. The average molecular weight is 188 g/mol. The van der Waals surface area contributed by atoms with Gasteiger partial charge in [-0.25, -0.2) is 0 Å². The van der Waals surface area contributed by atoms with Crippen LogP contribution in [0.3, 0.4) is 0 Å². The van der Waals surface area contributed by atoms with E-state index in [-0.39, 0.29) is 12.6 Å². The summed E-state index contributed by atoms with van der Waals surface area (Å²) in [6.45, 7) is 8.27. The molecular weight excluding hydrogens is 164 g/mol. The Bertz CT molecular complexity index is 113. The van der Waals surface area contributed by atoms with E-state index in [1.807, 2.05) is 0 Å². The van der Waals surface area contributed by atoms with Crippen molar-refractivity contribution in [3.05, 3.63) is 0 Å². The van der Waals surface area contributed by atoms with Crippen molar-refractivity contribution < 1.29 is 5.11 Å². The molecule has 2 atom stereocenters. The quantitative estimate of drug-likeness (QED) is 0.548. The van der Waals surface area contributed by atoms with Gasteiger partial charge in [-0.3, -0.25) is 0 Å². The molecule has 0 saturated carbocycles. The summed E-state index contributed by atoms with van der Waals surface area (Å²) >= 11 is 0. The highest BCUT2D eigenvalue weighted by Crippen LogP contribution is 2.07. The zero-order valence-corrected chi connectivity index (χ0v) is 9.09. The van der Waals surface area contributed by atoms with E-state index >= 15 is 0 Å². The van der Waals surface area contributed by atoms with Crippen LogP contribution in [0.15, 0.2) is 0 Å². The summed E-state index contributed by atoms with van der Waals surface area (Å²) in [5.41, 5.74) is 5.64. The Balaban J connectivity index is 3.69. The molecule has 0 aromatic rings. The van der Waals surface area contributed by atoms with Crippen LogP contribution in [0.5, 0.6) is 0 Å². The number of hydrogen-bond acceptors (Lipinski definition) is 3. The lowest BCUT2D eigenvalue weighted by molar-refractivity contribution is 0.227. The van der Waals surface area contributed by atoms with Crippen LogP contribution >= 0.6 is 0 Å². The molecular formula is C10H24N2O. The van der Waals surface area contributed by atoms with Gasteiger partial charge in [-0.15, -0.1) is 0 Å². The number of rotatable bonds is 7. The first-order valence-electron chi connectivity index (χ1n) is 5.19. The maximum Gasteiger partial charge on any atom is 0.0584 e. The lowest BCUT2D eigenvalue weighted by atomic mass is 9.96. The summed E-state index contributed by atoms with van der Waals surface area (Å²) in [5, 5.41) is 12.3. The maximum absolute atomic E-state index is 8.96. The fraction of sp³-hybridized carbons (Fsp3) is 1.00. The highest BCUT2D eigenvalue weighted by atomic mass is 16.3. The molecule has 0 aliphatic rings. The van der Waals surface area contributed by atoms with Crippen LogP contribution in [-0.4, -0.2) is 30.8 Å². The van der Waals surface area contributed by atoms with Gasteiger partial charge < -0.3 is 16.2 Å². The van der Waals surface area contributed by atoms with Gasteiger partial charge in [-0.2, -0.15) is 0 Å². The van der Waals surface area contributed by atoms with Crippen molar-refractivity contribution in [2.45, 2.75) is 33.2 Å². The van der Waals surface area contributed by atoms with Gasteiger partial charge in [-0.05, 0) is 31.3 Å². The monoisotopic (exact) mass is 188 g/mol. The Hall–Kier alpha value is -0.120. The molecule has 13 heavy (non-hydrogen) atoms. The largest absolute Gasteiger partial charge is 0.395 e. The minimum Gasteiger partial charge on any atom is -0.395 e. The van der Waals surface area contributed by atoms with Crippen molar-refractivity contribution in [1.29, 1.82) is 0 Å². The van der Waals surface area contributed by atoms with E-state index in [0.717, 1.165) is 13.0 Å². The first kappa shape index (κ1) is 12.9. The molecule has 0 radical (unpaired) electrons. The van der Waals surface area contributed by atoms with Crippen LogP contribution in [0, 0.1) is 11.8 Å². The summed E-state index contributed by atoms with van der Waals surface area (Å²) in [5.74, 6) is 1.12. The third-order valence-electron chi connectivity index (χ3n) is 2.63. The lowest BCUT2D eigenvalue weighted by Gasteiger charge is -2.22. The molecule has 0 aliphatic carbocycles. The van der Waals surface area contributed by atoms with E-state index in [2.05, 4.69) is 26.1 Å². The summed E-state index contributed by atoms with van der Waals surface area (Å²) in [6, 6.07) is 0.229. The lowest BCUT2D eigenvalue weighted by Crippen LogP contribution is -2.39. The van der Waals surface area contributed by atoms with Gasteiger partial charge in [0.1, 0.15) is 0 Å². The molecule has 0 saturated heterocycles. The van der Waals surface area contributed by atoms with Crippen molar-refractivity contribution >= 4 is 0 Å². The molecule has 3 nitrogen and oxygen atoms in total. The Morgan fingerprint density at radius 3 is 2.31 bits per heavy atom. The molecule has 0 bridgehead atoms. The van der Waals surface area contributed by atoms with Crippen molar-refractivity contribution in [2.24, 2.45) is 17.6 Å². The molecule has 80 valence electrons. The van der Waals surface area contributed by atoms with Crippen LogP contribution < -0.4 is 11.1 Å². The second-order valence-electron chi connectivity index (χ2n) is 3.94. The SMILES string of the molecule is CC[C@@H](CO)NCC(CN)C(C)C. The number of nitrogens with one attached hydrogen (secondary N) is 1. The zero-order chi connectivity index (χ0) is 10.3. The third kappa shape index (κ3) is 5.24. The smallest absolute Gasteiger partial charge is 0.0584 e. The molecule has 3 heteroatoms. The molecule has 4 N–H and O–H groups in total. The predicted molar refractivity (Wildman–Crippen MR) is 56.5 cm³/mol. The van der Waals surface area contributed by atoms with E-state index in [0.29, 0.717) is 18.4 Å².